The second-order valence-corrected chi connectivity index (χ2v) is 5.78. The molecule has 1 aliphatic rings. The summed E-state index contributed by atoms with van der Waals surface area (Å²) in [6, 6.07) is 13.6. The van der Waals surface area contributed by atoms with E-state index in [-0.39, 0.29) is 11.8 Å². The molecule has 0 heterocycles. The van der Waals surface area contributed by atoms with Crippen molar-refractivity contribution in [2.24, 2.45) is 0 Å². The molecular weight excluding hydrogens is 300 g/mol. The van der Waals surface area contributed by atoms with E-state index in [1.165, 1.54) is 7.11 Å². The first-order valence-electron chi connectivity index (χ1n) is 8.00. The van der Waals surface area contributed by atoms with Crippen LogP contribution in [0.15, 0.2) is 42.5 Å². The number of carbonyl (C=O) groups excluding carboxylic acids is 2. The fraction of sp³-hybridized carbons (Fsp3) is 0.238. The van der Waals surface area contributed by atoms with Gasteiger partial charge in [0, 0.05) is 29.5 Å². The molecular formula is C21H18O3. The highest BCUT2D eigenvalue weighted by atomic mass is 16.5. The molecule has 0 aromatic heterocycles. The summed E-state index contributed by atoms with van der Waals surface area (Å²) in [6.45, 7) is 0. The number of ether oxygens (including phenoxy) is 1. The third kappa shape index (κ3) is 3.55. The lowest BCUT2D eigenvalue weighted by Crippen LogP contribution is -2.01. The molecule has 0 radical (unpaired) electrons. The van der Waals surface area contributed by atoms with Crippen molar-refractivity contribution in [2.75, 3.05) is 7.11 Å². The monoisotopic (exact) mass is 318 g/mol. The Hall–Kier alpha value is -2.86. The summed E-state index contributed by atoms with van der Waals surface area (Å²) in [6.07, 6.45) is 2.41. The second kappa shape index (κ2) is 7.14. The van der Waals surface area contributed by atoms with E-state index in [4.69, 9.17) is 0 Å². The largest absolute Gasteiger partial charge is 0.469 e. The molecule has 3 nitrogen and oxygen atoms in total. The van der Waals surface area contributed by atoms with Crippen LogP contribution in [-0.2, 0) is 22.4 Å². The van der Waals surface area contributed by atoms with Gasteiger partial charge < -0.3 is 4.74 Å². The van der Waals surface area contributed by atoms with Crippen LogP contribution < -0.4 is 0 Å². The van der Waals surface area contributed by atoms with Gasteiger partial charge in [-0.25, -0.2) is 0 Å². The molecule has 0 amide bonds. The van der Waals surface area contributed by atoms with Gasteiger partial charge in [0.2, 0.25) is 0 Å². The fourth-order valence-corrected chi connectivity index (χ4v) is 2.85. The molecule has 0 bridgehead atoms. The molecule has 2 aromatic carbocycles. The molecule has 3 heteroatoms. The van der Waals surface area contributed by atoms with Crippen molar-refractivity contribution in [1.82, 2.24) is 0 Å². The maximum atomic E-state index is 11.8. The maximum absolute atomic E-state index is 11.8. The van der Waals surface area contributed by atoms with Crippen LogP contribution >= 0.6 is 0 Å². The van der Waals surface area contributed by atoms with Gasteiger partial charge in [-0.05, 0) is 42.2 Å². The van der Waals surface area contributed by atoms with Crippen molar-refractivity contribution in [3.8, 4) is 11.8 Å². The summed E-state index contributed by atoms with van der Waals surface area (Å²) in [5.74, 6) is 6.35. The lowest BCUT2D eigenvalue weighted by atomic mass is 10.0. The Morgan fingerprint density at radius 3 is 2.62 bits per heavy atom. The van der Waals surface area contributed by atoms with E-state index in [9.17, 15) is 9.59 Å². The van der Waals surface area contributed by atoms with E-state index >= 15 is 0 Å². The van der Waals surface area contributed by atoms with Crippen molar-refractivity contribution in [2.45, 2.75) is 25.7 Å². The normalized spacial score (nSPS) is 12.3. The van der Waals surface area contributed by atoms with E-state index in [1.807, 2.05) is 42.5 Å². The van der Waals surface area contributed by atoms with Gasteiger partial charge in [0.25, 0.3) is 0 Å². The van der Waals surface area contributed by atoms with Gasteiger partial charge in [-0.1, -0.05) is 36.1 Å². The molecule has 24 heavy (non-hydrogen) atoms. The van der Waals surface area contributed by atoms with E-state index < -0.39 is 0 Å². The zero-order valence-corrected chi connectivity index (χ0v) is 13.6. The zero-order chi connectivity index (χ0) is 16.9. The number of hydrogen-bond acceptors (Lipinski definition) is 3. The fourth-order valence-electron chi connectivity index (χ4n) is 2.85. The smallest absolute Gasteiger partial charge is 0.305 e. The van der Waals surface area contributed by atoms with Crippen LogP contribution in [0.5, 0.6) is 0 Å². The van der Waals surface area contributed by atoms with Crippen LogP contribution in [0.2, 0.25) is 0 Å². The Labute approximate surface area is 141 Å². The number of Topliss-reactive ketones (excluding diaryl/α,β-unsaturated/α-hetero) is 1. The third-order valence-electron chi connectivity index (χ3n) is 4.22. The first-order chi connectivity index (χ1) is 11.7. The molecule has 0 aliphatic heterocycles. The maximum Gasteiger partial charge on any atom is 0.305 e. The van der Waals surface area contributed by atoms with Gasteiger partial charge in [-0.2, -0.15) is 0 Å². The van der Waals surface area contributed by atoms with Crippen molar-refractivity contribution in [3.63, 3.8) is 0 Å². The molecule has 0 atom stereocenters. The lowest BCUT2D eigenvalue weighted by Gasteiger charge is -2.01. The molecule has 2 aromatic rings. The van der Waals surface area contributed by atoms with Crippen LogP contribution in [0.4, 0.5) is 0 Å². The predicted octanol–water partition coefficient (Wildman–Crippen LogP) is 3.32. The van der Waals surface area contributed by atoms with Gasteiger partial charge in [0.05, 0.1) is 7.11 Å². The predicted molar refractivity (Wildman–Crippen MR) is 91.9 cm³/mol. The highest BCUT2D eigenvalue weighted by Crippen LogP contribution is 2.24. The topological polar surface area (TPSA) is 43.4 Å². The van der Waals surface area contributed by atoms with Crippen LogP contribution in [0, 0.1) is 11.8 Å². The Balaban J connectivity index is 1.73. The van der Waals surface area contributed by atoms with Crippen LogP contribution in [0.3, 0.4) is 0 Å². The number of esters is 1. The van der Waals surface area contributed by atoms with Gasteiger partial charge in [0.15, 0.2) is 5.78 Å². The number of benzene rings is 2. The van der Waals surface area contributed by atoms with E-state index in [0.29, 0.717) is 19.3 Å². The number of aryl methyl sites for hydroxylation is 1. The highest BCUT2D eigenvalue weighted by Gasteiger charge is 2.20. The highest BCUT2D eigenvalue weighted by molar-refractivity contribution is 6.01. The van der Waals surface area contributed by atoms with E-state index in [2.05, 4.69) is 16.6 Å². The van der Waals surface area contributed by atoms with Gasteiger partial charge >= 0.3 is 5.97 Å². The molecule has 0 unspecified atom stereocenters. The number of fused-ring (bicyclic) bond motifs is 1. The Kier molecular flexibility index (Phi) is 4.77. The molecule has 0 fully saturated rings. The first kappa shape index (κ1) is 16.0. The van der Waals surface area contributed by atoms with Crippen molar-refractivity contribution >= 4 is 11.8 Å². The molecule has 0 spiro atoms. The van der Waals surface area contributed by atoms with Gasteiger partial charge in [0.1, 0.15) is 0 Å². The van der Waals surface area contributed by atoms with Crippen LogP contribution in [-0.4, -0.2) is 18.9 Å². The number of rotatable bonds is 3. The summed E-state index contributed by atoms with van der Waals surface area (Å²) in [4.78, 5) is 22.9. The average molecular weight is 318 g/mol. The molecule has 0 saturated heterocycles. The number of ketones is 1. The standard InChI is InChI=1S/C21H18O3/c1-24-21(23)14-10-16-7-5-15(6-8-16)9-11-17-3-2-4-19-18(17)12-13-20(19)22/h2-8H,10,12-14H2,1H3. The third-order valence-corrected chi connectivity index (χ3v) is 4.22. The number of carbonyl (C=O) groups is 2. The van der Waals surface area contributed by atoms with E-state index in [1.54, 1.807) is 0 Å². The average Bonchev–Trinajstić information content (AvgIpc) is 3.00. The van der Waals surface area contributed by atoms with Crippen molar-refractivity contribution < 1.29 is 14.3 Å². The Morgan fingerprint density at radius 1 is 1.08 bits per heavy atom. The SMILES string of the molecule is COC(=O)CCc1ccc(C#Cc2cccc3c2CCC3=O)cc1. The minimum absolute atomic E-state index is 0.202. The second-order valence-electron chi connectivity index (χ2n) is 5.78. The molecule has 120 valence electrons. The van der Waals surface area contributed by atoms with Crippen molar-refractivity contribution in [1.29, 1.82) is 0 Å². The van der Waals surface area contributed by atoms with Gasteiger partial charge in [-0.3, -0.25) is 9.59 Å². The van der Waals surface area contributed by atoms with E-state index in [0.717, 1.165) is 34.2 Å². The number of methoxy groups -OCH3 is 1. The molecule has 3 rings (SSSR count). The Bertz CT molecular complexity index is 836. The summed E-state index contributed by atoms with van der Waals surface area (Å²) in [5, 5.41) is 0. The molecule has 1 aliphatic carbocycles. The lowest BCUT2D eigenvalue weighted by molar-refractivity contribution is -0.140. The zero-order valence-electron chi connectivity index (χ0n) is 13.6. The Morgan fingerprint density at radius 2 is 1.88 bits per heavy atom. The summed E-state index contributed by atoms with van der Waals surface area (Å²) >= 11 is 0. The molecule has 0 N–H and O–H groups in total. The summed E-state index contributed by atoms with van der Waals surface area (Å²) in [7, 11) is 1.40. The van der Waals surface area contributed by atoms with Gasteiger partial charge in [-0.15, -0.1) is 0 Å². The van der Waals surface area contributed by atoms with Crippen molar-refractivity contribution in [3.05, 3.63) is 70.3 Å². The summed E-state index contributed by atoms with van der Waals surface area (Å²) in [5.41, 5.74) is 4.83. The quantitative estimate of drug-likeness (QED) is 0.644. The minimum atomic E-state index is -0.202. The van der Waals surface area contributed by atoms with Crippen LogP contribution in [0.1, 0.15) is 45.5 Å². The summed E-state index contributed by atoms with van der Waals surface area (Å²) < 4.78 is 4.64. The first-order valence-corrected chi connectivity index (χ1v) is 8.00. The number of hydrogen-bond donors (Lipinski definition) is 0. The molecule has 0 saturated carbocycles. The minimum Gasteiger partial charge on any atom is -0.469 e. The van der Waals surface area contributed by atoms with Crippen LogP contribution in [0.25, 0.3) is 0 Å².